The van der Waals surface area contributed by atoms with Crippen LogP contribution in [0.1, 0.15) is 40.5 Å². The third kappa shape index (κ3) is 3.72. The molecule has 0 N–H and O–H groups in total. The molecule has 0 spiro atoms. The fourth-order valence-electron chi connectivity index (χ4n) is 6.36. The van der Waals surface area contributed by atoms with E-state index in [1.165, 1.54) is 12.8 Å². The van der Waals surface area contributed by atoms with Crippen LogP contribution in [-0.4, -0.2) is 0 Å². The normalized spacial score (nSPS) is 42.3. The molecule has 4 aliphatic rings. The van der Waals surface area contributed by atoms with E-state index in [2.05, 4.69) is 76.3 Å². The Kier molecular flexibility index (Phi) is 8.17. The van der Waals surface area contributed by atoms with Crippen LogP contribution in [0.3, 0.4) is 0 Å². The third-order valence-corrected chi connectivity index (χ3v) is 7.91. The summed E-state index contributed by atoms with van der Waals surface area (Å²) >= 11 is 0. The summed E-state index contributed by atoms with van der Waals surface area (Å²) in [5.41, 5.74) is 0.423. The maximum atomic E-state index is 2.59. The molecule has 0 bridgehead atoms. The summed E-state index contributed by atoms with van der Waals surface area (Å²) in [5.74, 6) is 6.34. The molecule has 4 aliphatic carbocycles. The van der Waals surface area contributed by atoms with Gasteiger partial charge >= 0.3 is 26.2 Å². The summed E-state index contributed by atoms with van der Waals surface area (Å²) in [6.07, 6.45) is 22.0. The summed E-state index contributed by atoms with van der Waals surface area (Å²) in [4.78, 5) is 0. The molecule has 0 saturated heterocycles. The molecule has 2 saturated carbocycles. The minimum Gasteiger partial charge on any atom is -0.358 e. The first-order chi connectivity index (χ1) is 11.0. The van der Waals surface area contributed by atoms with Crippen LogP contribution in [-0.2, 0) is 26.2 Å². The van der Waals surface area contributed by atoms with E-state index in [4.69, 9.17) is 0 Å². The van der Waals surface area contributed by atoms with Crippen LogP contribution < -0.4 is 0 Å². The van der Waals surface area contributed by atoms with Crippen LogP contribution in [0.5, 0.6) is 0 Å². The molecule has 0 amide bonds. The van der Waals surface area contributed by atoms with E-state index in [0.717, 1.165) is 35.5 Å². The Bertz CT molecular complexity index is 535. The monoisotopic (exact) mass is 428 g/mol. The Hall–Kier alpha value is -0.157. The molecule has 140 valence electrons. The average Bonchev–Trinajstić information content (AvgIpc) is 3.06. The van der Waals surface area contributed by atoms with Crippen LogP contribution in [0.4, 0.5) is 0 Å². The van der Waals surface area contributed by atoms with E-state index >= 15 is 0 Å². The van der Waals surface area contributed by atoms with Gasteiger partial charge in [0.05, 0.1) is 0 Å². The first kappa shape index (κ1) is 23.9. The summed E-state index contributed by atoms with van der Waals surface area (Å²) in [6.45, 7) is 10.1. The molecule has 0 aromatic rings. The van der Waals surface area contributed by atoms with Gasteiger partial charge in [-0.15, -0.1) is 0 Å². The number of allylic oxidation sites excluding steroid dienone is 8. The van der Waals surface area contributed by atoms with Crippen molar-refractivity contribution < 1.29 is 26.2 Å². The quantitative estimate of drug-likeness (QED) is 0.417. The second-order valence-electron chi connectivity index (χ2n) is 9.32. The zero-order valence-corrected chi connectivity index (χ0v) is 20.1. The Morgan fingerprint density at radius 3 is 1.38 bits per heavy atom. The summed E-state index contributed by atoms with van der Waals surface area (Å²) in [6, 6.07) is 0. The van der Waals surface area contributed by atoms with Gasteiger partial charge in [0.1, 0.15) is 0 Å². The number of hydrogen-bond donors (Lipinski definition) is 0. The van der Waals surface area contributed by atoms with Gasteiger partial charge in [-0.1, -0.05) is 76.3 Å². The maximum Gasteiger partial charge on any atom is 4.00 e. The van der Waals surface area contributed by atoms with Gasteiger partial charge in [0.2, 0.25) is 0 Å². The molecule has 1 heteroatoms. The van der Waals surface area contributed by atoms with E-state index in [1.807, 2.05) is 0 Å². The van der Waals surface area contributed by atoms with E-state index in [0.29, 0.717) is 17.3 Å². The van der Waals surface area contributed by atoms with Crippen molar-refractivity contribution in [2.24, 2.45) is 52.8 Å². The van der Waals surface area contributed by atoms with Crippen LogP contribution >= 0.6 is 0 Å². The van der Waals surface area contributed by atoms with Crippen molar-refractivity contribution in [1.29, 1.82) is 0 Å². The molecule has 0 heterocycles. The van der Waals surface area contributed by atoms with Gasteiger partial charge in [0.15, 0.2) is 0 Å². The fraction of sp³-hybridized carbons (Fsp3) is 0.600. The summed E-state index contributed by atoms with van der Waals surface area (Å²) in [5, 5.41) is 0. The Morgan fingerprint density at radius 2 is 1.00 bits per heavy atom. The van der Waals surface area contributed by atoms with Crippen LogP contribution in [0.25, 0.3) is 0 Å². The van der Waals surface area contributed by atoms with Crippen molar-refractivity contribution >= 4 is 0 Å². The molecule has 6 unspecified atom stereocenters. The van der Waals surface area contributed by atoms with Crippen molar-refractivity contribution in [2.45, 2.75) is 40.5 Å². The van der Waals surface area contributed by atoms with Gasteiger partial charge in [-0.05, 0) is 65.6 Å². The van der Waals surface area contributed by atoms with E-state index < -0.39 is 0 Å². The van der Waals surface area contributed by atoms with Crippen LogP contribution in [0, 0.1) is 67.6 Å². The van der Waals surface area contributed by atoms with Crippen molar-refractivity contribution in [2.75, 3.05) is 0 Å². The van der Waals surface area contributed by atoms with Gasteiger partial charge in [0, 0.05) is 0 Å². The average molecular weight is 430 g/mol. The van der Waals surface area contributed by atoms with Crippen molar-refractivity contribution in [3.05, 3.63) is 63.5 Å². The van der Waals surface area contributed by atoms with Crippen molar-refractivity contribution in [3.63, 3.8) is 0 Å². The van der Waals surface area contributed by atoms with Gasteiger partial charge in [0.25, 0.3) is 0 Å². The molecule has 0 aromatic heterocycles. The molecule has 4 rings (SSSR count). The van der Waals surface area contributed by atoms with Crippen LogP contribution in [0.15, 0.2) is 48.6 Å². The van der Waals surface area contributed by atoms with Crippen molar-refractivity contribution in [1.82, 2.24) is 0 Å². The van der Waals surface area contributed by atoms with Gasteiger partial charge in [-0.2, -0.15) is 0 Å². The number of hydrogen-bond acceptors (Lipinski definition) is 0. The van der Waals surface area contributed by atoms with E-state index in [9.17, 15) is 0 Å². The molecular weight excluding hydrogens is 391 g/mol. The predicted molar refractivity (Wildman–Crippen MR) is 112 cm³/mol. The SMILES string of the molecule is CC1CC(C(C)(C)C2C3C=CC=CC3C3C=CC=CC32)CC1C.[CH3-].[CH3-].[Zr+4]. The molecular formula is C25H38Zr+2. The number of fused-ring (bicyclic) bond motifs is 3. The molecule has 6 atom stereocenters. The Morgan fingerprint density at radius 1 is 0.654 bits per heavy atom. The second-order valence-corrected chi connectivity index (χ2v) is 9.32. The minimum absolute atomic E-state index is 0. The van der Waals surface area contributed by atoms with Gasteiger partial charge in [-0.3, -0.25) is 0 Å². The van der Waals surface area contributed by atoms with E-state index in [1.54, 1.807) is 0 Å². The van der Waals surface area contributed by atoms with E-state index in [-0.39, 0.29) is 41.1 Å². The second kappa shape index (κ2) is 8.90. The maximum absolute atomic E-state index is 2.59. The molecule has 0 aliphatic heterocycles. The molecule has 0 aromatic carbocycles. The topological polar surface area (TPSA) is 0 Å². The predicted octanol–water partition coefficient (Wildman–Crippen LogP) is 6.94. The third-order valence-electron chi connectivity index (χ3n) is 7.91. The van der Waals surface area contributed by atoms with Gasteiger partial charge in [-0.25, -0.2) is 0 Å². The first-order valence-electron chi connectivity index (χ1n) is 9.70. The van der Waals surface area contributed by atoms with Crippen molar-refractivity contribution in [3.8, 4) is 0 Å². The standard InChI is InChI=1S/C23H32.2CH3.Zr/c1-15-13-17(14-16(15)2)23(3,4)22-20-11-7-5-9-18(20)19-10-6-8-12-21(19)22;;;/h5-12,15-22H,13-14H2,1-4H3;2*1H3;/q;2*-1;+4. The zero-order chi connectivity index (χ0) is 16.2. The number of rotatable bonds is 2. The van der Waals surface area contributed by atoms with Gasteiger partial charge < -0.3 is 14.9 Å². The zero-order valence-electron chi connectivity index (χ0n) is 17.7. The molecule has 0 radical (unpaired) electrons. The Balaban J connectivity index is 0.00000113. The molecule has 26 heavy (non-hydrogen) atoms. The Labute approximate surface area is 182 Å². The molecule has 2 fully saturated rings. The first-order valence-corrected chi connectivity index (χ1v) is 9.70. The minimum atomic E-state index is 0. The fourth-order valence-corrected chi connectivity index (χ4v) is 6.36. The largest absolute Gasteiger partial charge is 4.00 e. The smallest absolute Gasteiger partial charge is 0.358 e. The summed E-state index contributed by atoms with van der Waals surface area (Å²) in [7, 11) is 0. The van der Waals surface area contributed by atoms with Crippen LogP contribution in [0.2, 0.25) is 0 Å². The summed E-state index contributed by atoms with van der Waals surface area (Å²) < 4.78 is 0. The molecule has 0 nitrogen and oxygen atoms in total.